The minimum Gasteiger partial charge on any atom is -0.378 e. The van der Waals surface area contributed by atoms with Gasteiger partial charge in [-0.05, 0) is 43.5 Å². The van der Waals surface area contributed by atoms with Crippen LogP contribution in [0, 0.1) is 6.92 Å². The molecule has 0 radical (unpaired) electrons. The first-order valence-electron chi connectivity index (χ1n) is 11.1. The number of Topliss-reactive ketones (excluding diaryl/α,β-unsaturated/α-hetero) is 1. The van der Waals surface area contributed by atoms with Gasteiger partial charge in [0, 0.05) is 48.3 Å². The summed E-state index contributed by atoms with van der Waals surface area (Å²) in [4.78, 5) is 21.9. The summed E-state index contributed by atoms with van der Waals surface area (Å²) in [7, 11) is 0. The first-order valence-corrected chi connectivity index (χ1v) is 11.1. The minimum atomic E-state index is 0.0904. The van der Waals surface area contributed by atoms with E-state index >= 15 is 0 Å². The summed E-state index contributed by atoms with van der Waals surface area (Å²) in [5.74, 6) is 0.269. The molecule has 3 aromatic heterocycles. The minimum absolute atomic E-state index is 0.0904. The molecular formula is C26H26N4O2. The maximum absolute atomic E-state index is 13.0. The van der Waals surface area contributed by atoms with Crippen LogP contribution in [0.4, 0.5) is 0 Å². The zero-order chi connectivity index (χ0) is 21.9. The number of pyridine rings is 2. The Bertz CT molecular complexity index is 1230. The first kappa shape index (κ1) is 20.5. The Morgan fingerprint density at radius 2 is 2.03 bits per heavy atom. The number of fused-ring (bicyclic) bond motifs is 1. The van der Waals surface area contributed by atoms with Crippen LogP contribution in [0.5, 0.6) is 0 Å². The largest absolute Gasteiger partial charge is 0.378 e. The van der Waals surface area contributed by atoms with Gasteiger partial charge in [0.1, 0.15) is 5.78 Å². The number of ketones is 1. The van der Waals surface area contributed by atoms with Gasteiger partial charge < -0.3 is 4.74 Å². The number of ether oxygens (including phenoxy) is 1. The van der Waals surface area contributed by atoms with E-state index in [-0.39, 0.29) is 17.8 Å². The van der Waals surface area contributed by atoms with Crippen molar-refractivity contribution in [1.29, 1.82) is 0 Å². The summed E-state index contributed by atoms with van der Waals surface area (Å²) in [5, 5.41) is 5.48. The van der Waals surface area contributed by atoms with Crippen molar-refractivity contribution in [3.8, 4) is 5.69 Å². The molecule has 1 aliphatic heterocycles. The second-order valence-corrected chi connectivity index (χ2v) is 8.43. The second kappa shape index (κ2) is 9.01. The van der Waals surface area contributed by atoms with Crippen LogP contribution in [0.1, 0.15) is 42.1 Å². The molecule has 0 saturated carbocycles. The van der Waals surface area contributed by atoms with Gasteiger partial charge in [0.2, 0.25) is 0 Å². The molecule has 1 saturated heterocycles. The zero-order valence-corrected chi connectivity index (χ0v) is 18.1. The third-order valence-electron chi connectivity index (χ3n) is 6.10. The Hall–Kier alpha value is -3.38. The highest BCUT2D eigenvalue weighted by Crippen LogP contribution is 2.32. The number of benzene rings is 1. The predicted molar refractivity (Wildman–Crippen MR) is 123 cm³/mol. The molecule has 0 aliphatic carbocycles. The van der Waals surface area contributed by atoms with E-state index in [4.69, 9.17) is 4.74 Å². The van der Waals surface area contributed by atoms with Crippen molar-refractivity contribution in [2.75, 3.05) is 6.61 Å². The fourth-order valence-corrected chi connectivity index (χ4v) is 4.54. The lowest BCUT2D eigenvalue weighted by Crippen LogP contribution is -2.22. The fraction of sp³-hybridized carbons (Fsp3) is 0.308. The number of carbonyl (C=O) groups is 1. The highest BCUT2D eigenvalue weighted by molar-refractivity contribution is 5.84. The Kier molecular flexibility index (Phi) is 5.77. The van der Waals surface area contributed by atoms with Crippen LogP contribution in [0.25, 0.3) is 16.6 Å². The van der Waals surface area contributed by atoms with E-state index < -0.39 is 0 Å². The van der Waals surface area contributed by atoms with Gasteiger partial charge in [0.25, 0.3) is 0 Å². The third-order valence-corrected chi connectivity index (χ3v) is 6.10. The van der Waals surface area contributed by atoms with Gasteiger partial charge in [-0.25, -0.2) is 4.68 Å². The fourth-order valence-electron chi connectivity index (χ4n) is 4.54. The lowest BCUT2D eigenvalue weighted by atomic mass is 9.86. The van der Waals surface area contributed by atoms with Gasteiger partial charge in [-0.15, -0.1) is 0 Å². The number of hydrogen-bond donors (Lipinski definition) is 0. The highest BCUT2D eigenvalue weighted by Gasteiger charge is 2.29. The lowest BCUT2D eigenvalue weighted by molar-refractivity contribution is -0.119. The molecule has 1 aliphatic rings. The SMILES string of the molecule is Cc1cc(-n2ncc3cc(CC(=O)CC(c4ccccc4)C4CCCO4)ncc32)ccn1. The van der Waals surface area contributed by atoms with E-state index in [2.05, 4.69) is 27.2 Å². The average molecular weight is 427 g/mol. The lowest BCUT2D eigenvalue weighted by Gasteiger charge is -2.23. The summed E-state index contributed by atoms with van der Waals surface area (Å²) >= 11 is 0. The molecule has 2 atom stereocenters. The standard InChI is InChI=1S/C26H26N4O2/c1-18-12-22(9-10-27-18)30-25-17-28-21(13-20(25)16-29-30)14-23(31)15-24(26-8-5-11-32-26)19-6-3-2-4-7-19/h2-4,6-7,9-10,12-13,16-17,24,26H,5,8,11,14-15H2,1H3. The molecule has 0 amide bonds. The summed E-state index contributed by atoms with van der Waals surface area (Å²) in [6, 6.07) is 16.1. The van der Waals surface area contributed by atoms with Gasteiger partial charge in [0.05, 0.1) is 29.7 Å². The number of rotatable bonds is 7. The van der Waals surface area contributed by atoms with Crippen molar-refractivity contribution >= 4 is 16.7 Å². The summed E-state index contributed by atoms with van der Waals surface area (Å²) in [6.07, 6.45) is 8.34. The molecule has 32 heavy (non-hydrogen) atoms. The summed E-state index contributed by atoms with van der Waals surface area (Å²) in [6.45, 7) is 2.73. The van der Waals surface area contributed by atoms with Crippen LogP contribution in [-0.2, 0) is 16.0 Å². The summed E-state index contributed by atoms with van der Waals surface area (Å²) < 4.78 is 7.80. The Labute approximate surface area is 187 Å². The maximum atomic E-state index is 13.0. The third kappa shape index (κ3) is 4.32. The smallest absolute Gasteiger partial charge is 0.139 e. The van der Waals surface area contributed by atoms with Crippen molar-refractivity contribution in [3.05, 3.63) is 84.1 Å². The van der Waals surface area contributed by atoms with Gasteiger partial charge in [-0.3, -0.25) is 14.8 Å². The highest BCUT2D eigenvalue weighted by atomic mass is 16.5. The average Bonchev–Trinajstić information content (AvgIpc) is 3.48. The van der Waals surface area contributed by atoms with Crippen molar-refractivity contribution in [2.24, 2.45) is 0 Å². The Morgan fingerprint density at radius 1 is 1.16 bits per heavy atom. The van der Waals surface area contributed by atoms with Crippen molar-refractivity contribution in [3.63, 3.8) is 0 Å². The van der Waals surface area contributed by atoms with Crippen LogP contribution < -0.4 is 0 Å². The molecule has 1 fully saturated rings. The number of carbonyl (C=O) groups excluding carboxylic acids is 1. The van der Waals surface area contributed by atoms with E-state index in [0.717, 1.165) is 47.4 Å². The molecule has 5 rings (SSSR count). The number of aryl methyl sites for hydroxylation is 1. The van der Waals surface area contributed by atoms with Crippen LogP contribution in [0.15, 0.2) is 67.1 Å². The molecule has 0 bridgehead atoms. The number of aromatic nitrogens is 4. The molecule has 6 nitrogen and oxygen atoms in total. The molecule has 0 spiro atoms. The van der Waals surface area contributed by atoms with E-state index in [1.807, 2.05) is 54.2 Å². The van der Waals surface area contributed by atoms with E-state index in [0.29, 0.717) is 12.8 Å². The normalized spacial score (nSPS) is 17.0. The first-order chi connectivity index (χ1) is 15.7. The number of nitrogens with zero attached hydrogens (tertiary/aromatic N) is 4. The van der Waals surface area contributed by atoms with Crippen molar-refractivity contribution < 1.29 is 9.53 Å². The van der Waals surface area contributed by atoms with Gasteiger partial charge in [-0.2, -0.15) is 5.10 Å². The van der Waals surface area contributed by atoms with E-state index in [1.165, 1.54) is 5.56 Å². The van der Waals surface area contributed by atoms with Crippen molar-refractivity contribution in [2.45, 2.75) is 44.6 Å². The zero-order valence-electron chi connectivity index (χ0n) is 18.1. The second-order valence-electron chi connectivity index (χ2n) is 8.43. The molecular weight excluding hydrogens is 400 g/mol. The van der Waals surface area contributed by atoms with Crippen LogP contribution in [0.3, 0.4) is 0 Å². The number of hydrogen-bond acceptors (Lipinski definition) is 5. The molecule has 4 heterocycles. The maximum Gasteiger partial charge on any atom is 0.139 e. The van der Waals surface area contributed by atoms with Gasteiger partial charge >= 0.3 is 0 Å². The molecule has 4 aromatic rings. The molecule has 2 unspecified atom stereocenters. The van der Waals surface area contributed by atoms with E-state index in [9.17, 15) is 4.79 Å². The van der Waals surface area contributed by atoms with Crippen molar-refractivity contribution in [1.82, 2.24) is 19.7 Å². The Morgan fingerprint density at radius 3 is 2.81 bits per heavy atom. The molecule has 6 heteroatoms. The topological polar surface area (TPSA) is 69.9 Å². The van der Waals surface area contributed by atoms with Crippen LogP contribution in [0.2, 0.25) is 0 Å². The molecule has 0 N–H and O–H groups in total. The monoisotopic (exact) mass is 426 g/mol. The predicted octanol–water partition coefficient (Wildman–Crippen LogP) is 4.59. The van der Waals surface area contributed by atoms with Crippen LogP contribution >= 0.6 is 0 Å². The van der Waals surface area contributed by atoms with Crippen LogP contribution in [-0.4, -0.2) is 38.2 Å². The van der Waals surface area contributed by atoms with Gasteiger partial charge in [-0.1, -0.05) is 30.3 Å². The molecule has 1 aromatic carbocycles. The van der Waals surface area contributed by atoms with E-state index in [1.54, 1.807) is 12.4 Å². The Balaban J connectivity index is 1.34. The quantitative estimate of drug-likeness (QED) is 0.432. The molecule has 162 valence electrons. The van der Waals surface area contributed by atoms with Gasteiger partial charge in [0.15, 0.2) is 0 Å². The summed E-state index contributed by atoms with van der Waals surface area (Å²) in [5.41, 5.74) is 4.73.